The molecule has 1 atom stereocenters. The van der Waals surface area contributed by atoms with Crippen LogP contribution < -0.4 is 0 Å². The predicted molar refractivity (Wildman–Crippen MR) is 83.7 cm³/mol. The molecule has 0 amide bonds. The van der Waals surface area contributed by atoms with Crippen molar-refractivity contribution in [1.82, 2.24) is 4.90 Å². The molecule has 0 saturated carbocycles. The number of hydrogen-bond donors (Lipinski definition) is 0. The second-order valence-electron chi connectivity index (χ2n) is 6.08. The highest BCUT2D eigenvalue weighted by Gasteiger charge is 2.39. The zero-order valence-electron chi connectivity index (χ0n) is 12.8. The lowest BCUT2D eigenvalue weighted by molar-refractivity contribution is 0.0842. The Bertz CT molecular complexity index is 232. The molecular formula is C13H31NOSi2. The Hall–Kier alpha value is 0.0938. The molecule has 0 aromatic heterocycles. The molecule has 0 aliphatic carbocycles. The molecule has 0 aromatic carbocycles. The summed E-state index contributed by atoms with van der Waals surface area (Å²) in [5, 5.41) is 0.286. The molecule has 0 spiro atoms. The van der Waals surface area contributed by atoms with Crippen LogP contribution in [0.4, 0.5) is 0 Å². The van der Waals surface area contributed by atoms with Crippen LogP contribution in [0.3, 0.4) is 0 Å². The third-order valence-electron chi connectivity index (χ3n) is 3.82. The van der Waals surface area contributed by atoms with Crippen molar-refractivity contribution in [2.24, 2.45) is 0 Å². The first-order valence-corrected chi connectivity index (χ1v) is 11.3. The summed E-state index contributed by atoms with van der Waals surface area (Å²) in [5.74, 6) is 0.336. The molecule has 0 aliphatic rings. The average Bonchev–Trinajstić information content (AvgIpc) is 2.17. The van der Waals surface area contributed by atoms with E-state index in [1.807, 2.05) is 0 Å². The molecule has 0 aromatic rings. The molecule has 0 heterocycles. The van der Waals surface area contributed by atoms with Gasteiger partial charge in [-0.05, 0) is 31.2 Å². The lowest BCUT2D eigenvalue weighted by Gasteiger charge is -2.42. The van der Waals surface area contributed by atoms with Gasteiger partial charge in [0.1, 0.15) is 0 Å². The number of hydrogen-bond acceptors (Lipinski definition) is 2. The first-order valence-electron chi connectivity index (χ1n) is 6.72. The van der Waals surface area contributed by atoms with Crippen LogP contribution in [0.25, 0.3) is 0 Å². The molecule has 0 saturated heterocycles. The Morgan fingerprint density at radius 1 is 1.29 bits per heavy atom. The molecule has 1 unspecified atom stereocenters. The maximum atomic E-state index is 6.54. The van der Waals surface area contributed by atoms with Crippen molar-refractivity contribution in [3.05, 3.63) is 12.3 Å². The van der Waals surface area contributed by atoms with E-state index in [1.54, 1.807) is 0 Å². The van der Waals surface area contributed by atoms with Crippen molar-refractivity contribution >= 4 is 17.8 Å². The summed E-state index contributed by atoms with van der Waals surface area (Å²) in [7, 11) is -2.02. The van der Waals surface area contributed by atoms with Gasteiger partial charge >= 0.3 is 0 Å². The number of rotatable bonds is 7. The molecule has 0 bridgehead atoms. The maximum Gasteiger partial charge on any atom is 0.193 e. The highest BCUT2D eigenvalue weighted by molar-refractivity contribution is 6.74. The second kappa shape index (κ2) is 6.87. The smallest absolute Gasteiger partial charge is 0.193 e. The van der Waals surface area contributed by atoms with Crippen LogP contribution >= 0.6 is 0 Å². The molecule has 17 heavy (non-hydrogen) atoms. The standard InChI is InChI=1S/C13H31NOSi2/c1-9-14(10-2)12(16-11-3)15-17(7,8)13(4,5)6/h11-12H,3,9-10,16H2,1-2,4-8H3. The summed E-state index contributed by atoms with van der Waals surface area (Å²) >= 11 is 0. The van der Waals surface area contributed by atoms with Gasteiger partial charge in [-0.15, -0.1) is 12.3 Å². The van der Waals surface area contributed by atoms with E-state index in [4.69, 9.17) is 4.43 Å². The van der Waals surface area contributed by atoms with Crippen LogP contribution in [-0.2, 0) is 4.43 Å². The van der Waals surface area contributed by atoms with Gasteiger partial charge in [0, 0.05) is 0 Å². The van der Waals surface area contributed by atoms with E-state index < -0.39 is 8.32 Å². The number of nitrogens with zero attached hydrogens (tertiary/aromatic N) is 1. The van der Waals surface area contributed by atoms with Gasteiger partial charge in [-0.25, -0.2) is 0 Å². The van der Waals surface area contributed by atoms with E-state index in [-0.39, 0.29) is 14.6 Å². The van der Waals surface area contributed by atoms with E-state index in [9.17, 15) is 0 Å². The summed E-state index contributed by atoms with van der Waals surface area (Å²) < 4.78 is 6.54. The van der Waals surface area contributed by atoms with Crippen molar-refractivity contribution in [2.45, 2.75) is 58.6 Å². The van der Waals surface area contributed by atoms with Crippen molar-refractivity contribution in [1.29, 1.82) is 0 Å². The van der Waals surface area contributed by atoms with Crippen molar-refractivity contribution in [3.8, 4) is 0 Å². The monoisotopic (exact) mass is 273 g/mol. The van der Waals surface area contributed by atoms with Gasteiger partial charge in [-0.3, -0.25) is 4.90 Å². The fourth-order valence-electron chi connectivity index (χ4n) is 1.56. The summed E-state index contributed by atoms with van der Waals surface area (Å²) in [6.07, 6.45) is 0. The van der Waals surface area contributed by atoms with Gasteiger partial charge in [0.05, 0.1) is 15.4 Å². The van der Waals surface area contributed by atoms with Crippen molar-refractivity contribution in [2.75, 3.05) is 13.1 Å². The third-order valence-corrected chi connectivity index (χ3v) is 10.1. The fourth-order valence-corrected chi connectivity index (χ4v) is 5.48. The minimum atomic E-state index is -1.66. The molecule has 2 nitrogen and oxygen atoms in total. The minimum absolute atomic E-state index is 0.286. The summed E-state index contributed by atoms with van der Waals surface area (Å²) in [6, 6.07) is 0. The second-order valence-corrected chi connectivity index (χ2v) is 12.6. The Morgan fingerprint density at radius 3 is 2.06 bits per heavy atom. The highest BCUT2D eigenvalue weighted by Crippen LogP contribution is 2.37. The first-order chi connectivity index (χ1) is 7.69. The zero-order chi connectivity index (χ0) is 13.7. The van der Waals surface area contributed by atoms with Crippen LogP contribution in [0.15, 0.2) is 12.3 Å². The van der Waals surface area contributed by atoms with Crippen molar-refractivity contribution < 1.29 is 4.43 Å². The zero-order valence-corrected chi connectivity index (χ0v) is 15.3. The quantitative estimate of drug-likeness (QED) is 0.522. The fraction of sp³-hybridized carbons (Fsp3) is 0.846. The van der Waals surface area contributed by atoms with Crippen LogP contribution in [0, 0.1) is 0 Å². The molecular weight excluding hydrogens is 242 g/mol. The summed E-state index contributed by atoms with van der Waals surface area (Å²) in [5.41, 5.74) is 2.11. The predicted octanol–water partition coefficient (Wildman–Crippen LogP) is 2.95. The Kier molecular flexibility index (Phi) is 6.91. The topological polar surface area (TPSA) is 12.5 Å². The molecule has 0 rings (SSSR count). The third kappa shape index (κ3) is 5.08. The van der Waals surface area contributed by atoms with E-state index in [0.29, 0.717) is 5.85 Å². The Labute approximate surface area is 111 Å². The molecule has 4 heteroatoms. The SMILES string of the molecule is C=C[SiH2]C(O[Si](C)(C)C(C)(C)C)N(CC)CC. The van der Waals surface area contributed by atoms with Gasteiger partial charge in [0.2, 0.25) is 0 Å². The van der Waals surface area contributed by atoms with Gasteiger partial charge in [0.25, 0.3) is 0 Å². The van der Waals surface area contributed by atoms with Crippen molar-refractivity contribution in [3.63, 3.8) is 0 Å². The lowest BCUT2D eigenvalue weighted by Crippen LogP contribution is -2.51. The molecule has 102 valence electrons. The van der Waals surface area contributed by atoms with Crippen LogP contribution in [0.2, 0.25) is 18.1 Å². The molecule has 0 fully saturated rings. The first kappa shape index (κ1) is 17.1. The van der Waals surface area contributed by atoms with E-state index in [2.05, 4.69) is 64.9 Å². The molecule has 0 N–H and O–H groups in total. The lowest BCUT2D eigenvalue weighted by atomic mass is 10.2. The van der Waals surface area contributed by atoms with E-state index >= 15 is 0 Å². The van der Waals surface area contributed by atoms with Gasteiger partial charge < -0.3 is 4.43 Å². The summed E-state index contributed by atoms with van der Waals surface area (Å²) in [4.78, 5) is 2.44. The van der Waals surface area contributed by atoms with Gasteiger partial charge in [-0.2, -0.15) is 0 Å². The van der Waals surface area contributed by atoms with Gasteiger partial charge in [-0.1, -0.05) is 34.6 Å². The highest BCUT2D eigenvalue weighted by atomic mass is 28.4. The largest absolute Gasteiger partial charge is 0.405 e. The van der Waals surface area contributed by atoms with Crippen LogP contribution in [0.5, 0.6) is 0 Å². The minimum Gasteiger partial charge on any atom is -0.405 e. The van der Waals surface area contributed by atoms with E-state index in [0.717, 1.165) is 13.1 Å². The maximum absolute atomic E-state index is 6.54. The molecule has 0 radical (unpaired) electrons. The normalized spacial score (nSPS) is 15.8. The molecule has 0 aliphatic heterocycles. The Balaban J connectivity index is 4.80. The van der Waals surface area contributed by atoms with Crippen LogP contribution in [0.1, 0.15) is 34.6 Å². The average molecular weight is 274 g/mol. The Morgan fingerprint density at radius 2 is 1.76 bits per heavy atom. The van der Waals surface area contributed by atoms with Gasteiger partial charge in [0.15, 0.2) is 8.32 Å². The van der Waals surface area contributed by atoms with E-state index in [1.165, 1.54) is 0 Å². The van der Waals surface area contributed by atoms with Crippen LogP contribution in [-0.4, -0.2) is 41.7 Å². The summed E-state index contributed by atoms with van der Waals surface area (Å²) in [6.45, 7) is 22.0.